The standard InChI is InChI=1S/C12H13IN4O4S.C2H6/c1-20-11-9(3-2-4-10(11)17(18)19)12-14-7-16(15-12)8-21-5-6-22-13;1-2/h2-4,7H,5-6,8H2,1H3;1-2H3. The molecule has 1 heterocycles. The highest BCUT2D eigenvalue weighted by Gasteiger charge is 2.21. The van der Waals surface area contributed by atoms with Crippen LogP contribution in [0.2, 0.25) is 0 Å². The molecule has 0 aliphatic rings. The molecule has 0 amide bonds. The minimum Gasteiger partial charge on any atom is -0.490 e. The van der Waals surface area contributed by atoms with E-state index >= 15 is 0 Å². The number of halogens is 1. The summed E-state index contributed by atoms with van der Waals surface area (Å²) in [6.07, 6.45) is 1.52. The summed E-state index contributed by atoms with van der Waals surface area (Å²) in [7, 11) is 3.05. The molecule has 0 atom stereocenters. The highest BCUT2D eigenvalue weighted by atomic mass is 127. The number of nitrogens with zero attached hydrogens (tertiary/aromatic N) is 4. The van der Waals surface area contributed by atoms with E-state index in [0.717, 1.165) is 5.75 Å². The van der Waals surface area contributed by atoms with E-state index in [4.69, 9.17) is 9.47 Å². The maximum atomic E-state index is 11.0. The molecule has 2 rings (SSSR count). The second kappa shape index (κ2) is 11.2. The van der Waals surface area contributed by atoms with Crippen LogP contribution in [0, 0.1) is 10.1 Å². The van der Waals surface area contributed by atoms with Crippen LogP contribution in [0.25, 0.3) is 11.4 Å². The summed E-state index contributed by atoms with van der Waals surface area (Å²) in [4.78, 5) is 14.7. The Labute approximate surface area is 156 Å². The number of hydrogen-bond acceptors (Lipinski definition) is 7. The Morgan fingerprint density at radius 2 is 2.17 bits per heavy atom. The zero-order valence-corrected chi connectivity index (χ0v) is 16.6. The van der Waals surface area contributed by atoms with Crippen molar-refractivity contribution in [2.45, 2.75) is 20.6 Å². The quantitative estimate of drug-likeness (QED) is 0.252. The lowest BCUT2D eigenvalue weighted by Crippen LogP contribution is -2.05. The zero-order valence-electron chi connectivity index (χ0n) is 13.6. The van der Waals surface area contributed by atoms with Crippen LogP contribution in [0.4, 0.5) is 5.69 Å². The molecule has 8 nitrogen and oxygen atoms in total. The fraction of sp³-hybridized carbons (Fsp3) is 0.429. The van der Waals surface area contributed by atoms with Crippen LogP contribution in [0.1, 0.15) is 13.8 Å². The maximum absolute atomic E-state index is 11.0. The van der Waals surface area contributed by atoms with Gasteiger partial charge in [0.15, 0.2) is 5.82 Å². The van der Waals surface area contributed by atoms with Crippen molar-refractivity contribution in [3.8, 4) is 17.1 Å². The number of aromatic nitrogens is 3. The van der Waals surface area contributed by atoms with Crippen molar-refractivity contribution >= 4 is 35.8 Å². The highest BCUT2D eigenvalue weighted by Crippen LogP contribution is 2.35. The van der Waals surface area contributed by atoms with Gasteiger partial charge in [-0.3, -0.25) is 10.1 Å². The van der Waals surface area contributed by atoms with E-state index < -0.39 is 4.92 Å². The number of para-hydroxylation sites is 1. The lowest BCUT2D eigenvalue weighted by atomic mass is 10.1. The topological polar surface area (TPSA) is 92.3 Å². The van der Waals surface area contributed by atoms with Crippen LogP contribution in [-0.4, -0.2) is 39.2 Å². The fourth-order valence-corrected chi connectivity index (χ4v) is 2.51. The third-order valence-electron chi connectivity index (χ3n) is 2.70. The second-order valence-electron chi connectivity index (χ2n) is 4.07. The fourth-order valence-electron chi connectivity index (χ4n) is 1.79. The van der Waals surface area contributed by atoms with Gasteiger partial charge in [-0.25, -0.2) is 9.67 Å². The third-order valence-corrected chi connectivity index (χ3v) is 4.34. The molecule has 0 radical (unpaired) electrons. The van der Waals surface area contributed by atoms with Crippen LogP contribution < -0.4 is 4.74 Å². The van der Waals surface area contributed by atoms with E-state index in [1.165, 1.54) is 24.2 Å². The summed E-state index contributed by atoms with van der Waals surface area (Å²) in [5.74, 6) is 1.39. The molecule has 0 unspecified atom stereocenters. The summed E-state index contributed by atoms with van der Waals surface area (Å²) in [6.45, 7) is 4.89. The van der Waals surface area contributed by atoms with Gasteiger partial charge in [0.1, 0.15) is 13.1 Å². The van der Waals surface area contributed by atoms with Crippen LogP contribution in [0.3, 0.4) is 0 Å². The van der Waals surface area contributed by atoms with Gasteiger partial charge in [0.2, 0.25) is 5.75 Å². The summed E-state index contributed by atoms with van der Waals surface area (Å²) >= 11 is 2.20. The molecule has 0 aliphatic carbocycles. The molecule has 0 aliphatic heterocycles. The van der Waals surface area contributed by atoms with Crippen molar-refractivity contribution in [1.82, 2.24) is 14.8 Å². The number of ether oxygens (including phenoxy) is 2. The van der Waals surface area contributed by atoms with Gasteiger partial charge in [0.05, 0.1) is 24.2 Å². The van der Waals surface area contributed by atoms with Crippen molar-refractivity contribution in [3.05, 3.63) is 34.6 Å². The molecule has 0 N–H and O–H groups in total. The third kappa shape index (κ3) is 5.60. The molecular formula is C14H19IN4O4S. The summed E-state index contributed by atoms with van der Waals surface area (Å²) in [6, 6.07) is 4.63. The first-order chi connectivity index (χ1) is 11.7. The normalized spacial score (nSPS) is 10.0. The van der Waals surface area contributed by atoms with E-state index in [9.17, 15) is 10.1 Å². The summed E-state index contributed by atoms with van der Waals surface area (Å²) in [5.41, 5.74) is 0.352. The number of nitro benzene ring substituents is 1. The van der Waals surface area contributed by atoms with Crippen molar-refractivity contribution < 1.29 is 14.4 Å². The molecule has 2 aromatic rings. The van der Waals surface area contributed by atoms with Crippen LogP contribution in [0.5, 0.6) is 5.75 Å². The smallest absolute Gasteiger partial charge is 0.311 e. The highest BCUT2D eigenvalue weighted by molar-refractivity contribution is 14.2. The molecule has 1 aromatic heterocycles. The average Bonchev–Trinajstić information content (AvgIpc) is 3.08. The SMILES string of the molecule is CC.COc1c(-c2ncn(COCCSI)n2)cccc1[N+](=O)[O-]. The molecule has 0 fully saturated rings. The summed E-state index contributed by atoms with van der Waals surface area (Å²) in [5, 5.41) is 15.3. The Morgan fingerprint density at radius 3 is 2.79 bits per heavy atom. The van der Waals surface area contributed by atoms with Crippen molar-refractivity contribution in [2.75, 3.05) is 19.5 Å². The largest absolute Gasteiger partial charge is 0.490 e. The predicted molar refractivity (Wildman–Crippen MR) is 102 cm³/mol. The van der Waals surface area contributed by atoms with Crippen molar-refractivity contribution in [3.63, 3.8) is 0 Å². The van der Waals surface area contributed by atoms with Crippen molar-refractivity contribution in [1.29, 1.82) is 0 Å². The van der Waals surface area contributed by atoms with E-state index in [1.54, 1.807) is 21.1 Å². The van der Waals surface area contributed by atoms with Crippen molar-refractivity contribution in [2.24, 2.45) is 0 Å². The first-order valence-corrected chi connectivity index (χ1v) is 10.7. The number of nitro groups is 1. The lowest BCUT2D eigenvalue weighted by Gasteiger charge is -2.05. The number of rotatable bonds is 8. The molecule has 24 heavy (non-hydrogen) atoms. The molecular weight excluding hydrogens is 447 g/mol. The van der Waals surface area contributed by atoms with Gasteiger partial charge in [-0.05, 0) is 27.3 Å². The van der Waals surface area contributed by atoms with E-state index in [-0.39, 0.29) is 18.2 Å². The lowest BCUT2D eigenvalue weighted by molar-refractivity contribution is -0.385. The number of benzene rings is 1. The summed E-state index contributed by atoms with van der Waals surface area (Å²) < 4.78 is 12.1. The van der Waals surface area contributed by atoms with Gasteiger partial charge < -0.3 is 9.47 Å². The Balaban J connectivity index is 0.00000139. The number of methoxy groups -OCH3 is 1. The van der Waals surface area contributed by atoms with Crippen LogP contribution in [0.15, 0.2) is 24.5 Å². The molecule has 0 bridgehead atoms. The molecule has 0 saturated heterocycles. The Kier molecular flexibility index (Phi) is 9.64. The van der Waals surface area contributed by atoms with Gasteiger partial charge >= 0.3 is 5.69 Å². The first-order valence-electron chi connectivity index (χ1n) is 7.20. The Morgan fingerprint density at radius 1 is 1.42 bits per heavy atom. The minimum atomic E-state index is -0.496. The minimum absolute atomic E-state index is 0.119. The van der Waals surface area contributed by atoms with Gasteiger partial charge in [-0.1, -0.05) is 28.8 Å². The predicted octanol–water partition coefficient (Wildman–Crippen LogP) is 3.95. The molecule has 132 valence electrons. The van der Waals surface area contributed by atoms with E-state index in [1.807, 2.05) is 13.8 Å². The monoisotopic (exact) mass is 466 g/mol. The number of hydrogen-bond donors (Lipinski definition) is 0. The molecule has 0 saturated carbocycles. The van der Waals surface area contributed by atoms with Gasteiger partial charge in [0.25, 0.3) is 0 Å². The average molecular weight is 466 g/mol. The zero-order chi connectivity index (χ0) is 17.9. The van der Waals surface area contributed by atoms with Gasteiger partial charge in [-0.2, -0.15) is 0 Å². The second-order valence-corrected chi connectivity index (χ2v) is 6.57. The maximum Gasteiger partial charge on any atom is 0.311 e. The molecule has 1 aromatic carbocycles. The Bertz CT molecular complexity index is 653. The van der Waals surface area contributed by atoms with E-state index in [2.05, 4.69) is 31.3 Å². The molecule has 10 heteroatoms. The van der Waals surface area contributed by atoms with Gasteiger partial charge in [-0.15, -0.1) is 5.10 Å². The first kappa shape index (κ1) is 20.6. The van der Waals surface area contributed by atoms with E-state index in [0.29, 0.717) is 18.0 Å². The molecule has 0 spiro atoms. The van der Waals surface area contributed by atoms with Crippen LogP contribution >= 0.6 is 30.1 Å². The van der Waals surface area contributed by atoms with Crippen LogP contribution in [-0.2, 0) is 11.5 Å². The Hall–Kier alpha value is -1.40. The van der Waals surface area contributed by atoms with Gasteiger partial charge in [0, 0.05) is 11.8 Å².